The number of hydrogen-bond donors (Lipinski definition) is 0. The summed E-state index contributed by atoms with van der Waals surface area (Å²) in [7, 11) is 1.57. The van der Waals surface area contributed by atoms with E-state index in [0.717, 1.165) is 12.8 Å². The first-order chi connectivity index (χ1) is 7.32. The molecular weight excluding hydrogens is 208 g/mol. The molecule has 16 heavy (non-hydrogen) atoms. The van der Waals surface area contributed by atoms with Crippen LogP contribution in [0.25, 0.3) is 0 Å². The van der Waals surface area contributed by atoms with E-state index >= 15 is 0 Å². The molecule has 4 heteroatoms. The first-order valence-electron chi connectivity index (χ1n) is 5.61. The van der Waals surface area contributed by atoms with Gasteiger partial charge in [-0.3, -0.25) is 9.59 Å². The van der Waals surface area contributed by atoms with E-state index < -0.39 is 22.8 Å². The maximum absolute atomic E-state index is 11.9. The average molecular weight is 228 g/mol. The SMILES string of the molecule is CCCC(OC)C1(C)C(=O)OC(=O)C1(C)C. The Kier molecular flexibility index (Phi) is 3.43. The van der Waals surface area contributed by atoms with Crippen molar-refractivity contribution < 1.29 is 19.1 Å². The van der Waals surface area contributed by atoms with Crippen molar-refractivity contribution in [1.82, 2.24) is 0 Å². The summed E-state index contributed by atoms with van der Waals surface area (Å²) < 4.78 is 10.1. The van der Waals surface area contributed by atoms with Crippen LogP contribution in [0.5, 0.6) is 0 Å². The average Bonchev–Trinajstić information content (AvgIpc) is 2.37. The molecule has 0 N–H and O–H groups in total. The lowest BCUT2D eigenvalue weighted by Gasteiger charge is -2.37. The second-order valence-corrected chi connectivity index (χ2v) is 5.02. The van der Waals surface area contributed by atoms with E-state index in [2.05, 4.69) is 0 Å². The highest BCUT2D eigenvalue weighted by Crippen LogP contribution is 2.50. The Bertz CT molecular complexity index is 308. The van der Waals surface area contributed by atoms with E-state index in [1.165, 1.54) is 0 Å². The van der Waals surface area contributed by atoms with E-state index in [-0.39, 0.29) is 6.10 Å². The van der Waals surface area contributed by atoms with Gasteiger partial charge in [0, 0.05) is 7.11 Å². The monoisotopic (exact) mass is 228 g/mol. The maximum Gasteiger partial charge on any atom is 0.323 e. The zero-order valence-corrected chi connectivity index (χ0v) is 10.6. The first kappa shape index (κ1) is 13.2. The van der Waals surface area contributed by atoms with Crippen molar-refractivity contribution in [3.63, 3.8) is 0 Å². The van der Waals surface area contributed by atoms with Gasteiger partial charge >= 0.3 is 11.9 Å². The van der Waals surface area contributed by atoms with E-state index in [1.54, 1.807) is 27.9 Å². The number of methoxy groups -OCH3 is 1. The molecule has 2 unspecified atom stereocenters. The van der Waals surface area contributed by atoms with Crippen molar-refractivity contribution in [3.8, 4) is 0 Å². The molecular formula is C12H20O4. The van der Waals surface area contributed by atoms with Gasteiger partial charge in [-0.1, -0.05) is 13.3 Å². The number of ether oxygens (including phenoxy) is 2. The van der Waals surface area contributed by atoms with Crippen LogP contribution in [0.15, 0.2) is 0 Å². The van der Waals surface area contributed by atoms with E-state index in [4.69, 9.17) is 9.47 Å². The van der Waals surface area contributed by atoms with Gasteiger partial charge in [0.15, 0.2) is 0 Å². The Labute approximate surface area is 96.3 Å². The summed E-state index contributed by atoms with van der Waals surface area (Å²) in [5.41, 5.74) is -1.73. The van der Waals surface area contributed by atoms with E-state index in [0.29, 0.717) is 0 Å². The highest BCUT2D eigenvalue weighted by molar-refractivity contribution is 6.01. The lowest BCUT2D eigenvalue weighted by molar-refractivity contribution is -0.158. The molecule has 1 fully saturated rings. The predicted molar refractivity (Wildman–Crippen MR) is 58.7 cm³/mol. The van der Waals surface area contributed by atoms with E-state index in [9.17, 15) is 9.59 Å². The predicted octanol–water partition coefficient (Wildman–Crippen LogP) is 1.92. The van der Waals surface area contributed by atoms with Crippen LogP contribution in [0, 0.1) is 10.8 Å². The lowest BCUT2D eigenvalue weighted by Crippen LogP contribution is -2.48. The first-order valence-corrected chi connectivity index (χ1v) is 5.61. The third-order valence-corrected chi connectivity index (χ3v) is 3.90. The van der Waals surface area contributed by atoms with Crippen LogP contribution in [0.4, 0.5) is 0 Å². The second kappa shape index (κ2) is 4.17. The van der Waals surface area contributed by atoms with Gasteiger partial charge in [-0.25, -0.2) is 0 Å². The van der Waals surface area contributed by atoms with Gasteiger partial charge in [-0.05, 0) is 27.2 Å². The molecule has 1 aliphatic rings. The quantitative estimate of drug-likeness (QED) is 0.545. The lowest BCUT2D eigenvalue weighted by atomic mass is 9.64. The Morgan fingerprint density at radius 3 is 2.12 bits per heavy atom. The maximum atomic E-state index is 11.9. The van der Waals surface area contributed by atoms with Gasteiger partial charge in [-0.2, -0.15) is 0 Å². The fourth-order valence-corrected chi connectivity index (χ4v) is 2.22. The van der Waals surface area contributed by atoms with Crippen LogP contribution in [-0.2, 0) is 19.1 Å². The number of cyclic esters (lactones) is 2. The van der Waals surface area contributed by atoms with Gasteiger partial charge in [-0.15, -0.1) is 0 Å². The minimum atomic E-state index is -0.894. The van der Waals surface area contributed by atoms with Gasteiger partial charge < -0.3 is 9.47 Å². The zero-order chi connectivity index (χ0) is 12.6. The molecule has 0 radical (unpaired) electrons. The number of esters is 2. The van der Waals surface area contributed by atoms with Gasteiger partial charge in [0.1, 0.15) is 5.41 Å². The summed E-state index contributed by atoms with van der Waals surface area (Å²) in [6.07, 6.45) is 1.34. The van der Waals surface area contributed by atoms with Crippen molar-refractivity contribution in [2.24, 2.45) is 10.8 Å². The molecule has 1 aliphatic heterocycles. The van der Waals surface area contributed by atoms with Crippen LogP contribution in [-0.4, -0.2) is 25.2 Å². The van der Waals surface area contributed by atoms with Crippen molar-refractivity contribution in [1.29, 1.82) is 0 Å². The van der Waals surface area contributed by atoms with E-state index in [1.807, 2.05) is 6.92 Å². The molecule has 0 saturated carbocycles. The molecule has 1 rings (SSSR count). The van der Waals surface area contributed by atoms with Crippen LogP contribution in [0.1, 0.15) is 40.5 Å². The molecule has 0 aromatic heterocycles. The molecule has 1 heterocycles. The number of hydrogen-bond acceptors (Lipinski definition) is 4. The number of carbonyl (C=O) groups is 2. The fourth-order valence-electron chi connectivity index (χ4n) is 2.22. The van der Waals surface area contributed by atoms with Gasteiger partial charge in [0.2, 0.25) is 0 Å². The van der Waals surface area contributed by atoms with Crippen molar-refractivity contribution in [2.75, 3.05) is 7.11 Å². The standard InChI is InChI=1S/C12H20O4/c1-6-7-8(15-5)12(4)10(14)16-9(13)11(12,2)3/h8H,6-7H2,1-5H3. The molecule has 0 aliphatic carbocycles. The number of carbonyl (C=O) groups excluding carboxylic acids is 2. The molecule has 1 saturated heterocycles. The fraction of sp³-hybridized carbons (Fsp3) is 0.833. The van der Waals surface area contributed by atoms with Crippen LogP contribution in [0.2, 0.25) is 0 Å². The summed E-state index contributed by atoms with van der Waals surface area (Å²) in [5.74, 6) is -0.930. The Morgan fingerprint density at radius 2 is 1.81 bits per heavy atom. The van der Waals surface area contributed by atoms with Crippen LogP contribution >= 0.6 is 0 Å². The smallest absolute Gasteiger partial charge is 0.323 e. The molecule has 0 spiro atoms. The van der Waals surface area contributed by atoms with Crippen molar-refractivity contribution >= 4 is 11.9 Å². The van der Waals surface area contributed by atoms with Gasteiger partial charge in [0.25, 0.3) is 0 Å². The molecule has 0 bridgehead atoms. The molecule has 2 atom stereocenters. The highest BCUT2D eigenvalue weighted by Gasteiger charge is 2.64. The summed E-state index contributed by atoms with van der Waals surface area (Å²) in [6.45, 7) is 7.25. The normalized spacial score (nSPS) is 30.3. The molecule has 0 amide bonds. The molecule has 4 nitrogen and oxygen atoms in total. The molecule has 0 aromatic carbocycles. The Morgan fingerprint density at radius 1 is 1.25 bits per heavy atom. The molecule has 0 aromatic rings. The number of rotatable bonds is 4. The second-order valence-electron chi connectivity index (χ2n) is 5.02. The minimum Gasteiger partial charge on any atom is -0.392 e. The molecule has 92 valence electrons. The summed E-state index contributed by atoms with van der Waals surface area (Å²) in [6, 6.07) is 0. The summed E-state index contributed by atoms with van der Waals surface area (Å²) in [4.78, 5) is 23.5. The topological polar surface area (TPSA) is 52.6 Å². The van der Waals surface area contributed by atoms with Crippen molar-refractivity contribution in [3.05, 3.63) is 0 Å². The Balaban J connectivity index is 3.14. The largest absolute Gasteiger partial charge is 0.392 e. The third-order valence-electron chi connectivity index (χ3n) is 3.90. The minimum absolute atomic E-state index is 0.286. The summed E-state index contributed by atoms with van der Waals surface area (Å²) >= 11 is 0. The highest BCUT2D eigenvalue weighted by atomic mass is 16.6. The third kappa shape index (κ3) is 1.56. The zero-order valence-electron chi connectivity index (χ0n) is 10.6. The summed E-state index contributed by atoms with van der Waals surface area (Å²) in [5, 5.41) is 0. The van der Waals surface area contributed by atoms with Gasteiger partial charge in [0.05, 0.1) is 11.5 Å². The Hall–Kier alpha value is -0.900. The van der Waals surface area contributed by atoms with Crippen LogP contribution in [0.3, 0.4) is 0 Å². The van der Waals surface area contributed by atoms with Crippen molar-refractivity contribution in [2.45, 2.75) is 46.6 Å². The van der Waals surface area contributed by atoms with Crippen LogP contribution < -0.4 is 0 Å².